The smallest absolute Gasteiger partial charge is 0.319 e. The predicted octanol–water partition coefficient (Wildman–Crippen LogP) is 2.19. The number of benzene rings is 1. The average Bonchev–Trinajstić information content (AvgIpc) is 2.43. The molecule has 0 saturated carbocycles. The van der Waals surface area contributed by atoms with E-state index in [2.05, 4.69) is 0 Å². The van der Waals surface area contributed by atoms with Crippen LogP contribution in [0, 0.1) is 11.2 Å². The number of rotatable bonds is 6. The summed E-state index contributed by atoms with van der Waals surface area (Å²) in [5, 5.41) is 0. The van der Waals surface area contributed by atoms with Crippen LogP contribution in [0.25, 0.3) is 0 Å². The largest absolute Gasteiger partial charge is 0.468 e. The molecule has 21 heavy (non-hydrogen) atoms. The van der Waals surface area contributed by atoms with Crippen molar-refractivity contribution >= 4 is 11.8 Å². The van der Waals surface area contributed by atoms with Gasteiger partial charge in [0.25, 0.3) is 0 Å². The zero-order valence-corrected chi connectivity index (χ0v) is 12.7. The zero-order valence-electron chi connectivity index (χ0n) is 12.7. The van der Waals surface area contributed by atoms with Gasteiger partial charge in [-0.2, -0.15) is 0 Å². The van der Waals surface area contributed by atoms with Crippen LogP contribution in [0.15, 0.2) is 36.5 Å². The molecule has 0 bridgehead atoms. The first-order chi connectivity index (χ1) is 9.79. The standard InChI is InChI=1S/C16H20FNO3/c1-16(15(20)21-4,14(19)8-9-18(2)3)11-12-6-5-7-13(17)10-12/h5-10H,11H2,1-4H3/b9-8+/t16-/m1/s1. The summed E-state index contributed by atoms with van der Waals surface area (Å²) in [6.45, 7) is 1.51. The van der Waals surface area contributed by atoms with Gasteiger partial charge in [0.2, 0.25) is 0 Å². The Bertz CT molecular complexity index is 554. The molecular weight excluding hydrogens is 273 g/mol. The number of ketones is 1. The molecular formula is C16H20FNO3. The number of halogens is 1. The molecule has 114 valence electrons. The monoisotopic (exact) mass is 293 g/mol. The van der Waals surface area contributed by atoms with Gasteiger partial charge in [0.15, 0.2) is 5.78 Å². The van der Waals surface area contributed by atoms with Crippen molar-refractivity contribution in [3.8, 4) is 0 Å². The highest BCUT2D eigenvalue weighted by Gasteiger charge is 2.40. The number of hydrogen-bond donors (Lipinski definition) is 0. The van der Waals surface area contributed by atoms with Crippen LogP contribution < -0.4 is 0 Å². The number of methoxy groups -OCH3 is 1. The molecule has 0 aromatic heterocycles. The van der Waals surface area contributed by atoms with Gasteiger partial charge < -0.3 is 9.64 Å². The third-order valence-corrected chi connectivity index (χ3v) is 3.15. The van der Waals surface area contributed by atoms with Crippen LogP contribution in [0.3, 0.4) is 0 Å². The Hall–Kier alpha value is -2.17. The molecule has 1 aromatic rings. The Labute approximate surface area is 124 Å². The molecule has 0 amide bonds. The molecule has 0 aliphatic rings. The van der Waals surface area contributed by atoms with Crippen LogP contribution in [0.2, 0.25) is 0 Å². The predicted molar refractivity (Wildman–Crippen MR) is 78.1 cm³/mol. The third kappa shape index (κ3) is 4.41. The summed E-state index contributed by atoms with van der Waals surface area (Å²) in [6.07, 6.45) is 2.97. The maximum atomic E-state index is 13.3. The van der Waals surface area contributed by atoms with Crippen molar-refractivity contribution in [1.82, 2.24) is 4.90 Å². The molecule has 0 saturated heterocycles. The van der Waals surface area contributed by atoms with E-state index in [0.29, 0.717) is 5.56 Å². The Kier molecular flexibility index (Phi) is 5.64. The van der Waals surface area contributed by atoms with Crippen molar-refractivity contribution in [2.75, 3.05) is 21.2 Å². The van der Waals surface area contributed by atoms with E-state index in [1.165, 1.54) is 32.2 Å². The quantitative estimate of drug-likeness (QED) is 0.458. The number of hydrogen-bond acceptors (Lipinski definition) is 4. The van der Waals surface area contributed by atoms with Crippen molar-refractivity contribution < 1.29 is 18.7 Å². The van der Waals surface area contributed by atoms with Crippen molar-refractivity contribution in [3.63, 3.8) is 0 Å². The van der Waals surface area contributed by atoms with Gasteiger partial charge >= 0.3 is 5.97 Å². The number of nitrogens with zero attached hydrogens (tertiary/aromatic N) is 1. The number of carbonyl (C=O) groups excluding carboxylic acids is 2. The number of allylic oxidation sites excluding steroid dienone is 1. The lowest BCUT2D eigenvalue weighted by atomic mass is 9.79. The van der Waals surface area contributed by atoms with Crippen molar-refractivity contribution in [2.45, 2.75) is 13.3 Å². The highest BCUT2D eigenvalue weighted by molar-refractivity contribution is 6.09. The maximum absolute atomic E-state index is 13.3. The second-order valence-electron chi connectivity index (χ2n) is 5.27. The minimum absolute atomic E-state index is 0.0774. The number of ether oxygens (including phenoxy) is 1. The normalized spacial score (nSPS) is 13.8. The Morgan fingerprint density at radius 1 is 1.38 bits per heavy atom. The Balaban J connectivity index is 3.09. The fourth-order valence-electron chi connectivity index (χ4n) is 1.94. The van der Waals surface area contributed by atoms with Crippen LogP contribution in [0.4, 0.5) is 4.39 Å². The molecule has 0 aliphatic heterocycles. The summed E-state index contributed by atoms with van der Waals surface area (Å²) in [5.74, 6) is -1.43. The van der Waals surface area contributed by atoms with Crippen molar-refractivity contribution in [2.24, 2.45) is 5.41 Å². The lowest BCUT2D eigenvalue weighted by Crippen LogP contribution is -2.38. The molecule has 0 N–H and O–H groups in total. The zero-order chi connectivity index (χ0) is 16.0. The first-order valence-electron chi connectivity index (χ1n) is 6.51. The van der Waals surface area contributed by atoms with Crippen molar-refractivity contribution in [1.29, 1.82) is 0 Å². The van der Waals surface area contributed by atoms with Gasteiger partial charge in [0, 0.05) is 20.3 Å². The van der Waals surface area contributed by atoms with Crippen LogP contribution >= 0.6 is 0 Å². The fraction of sp³-hybridized carbons (Fsp3) is 0.375. The fourth-order valence-corrected chi connectivity index (χ4v) is 1.94. The Morgan fingerprint density at radius 2 is 2.05 bits per heavy atom. The van der Waals surface area contributed by atoms with Gasteiger partial charge in [-0.25, -0.2) is 4.39 Å². The van der Waals surface area contributed by atoms with Crippen molar-refractivity contribution in [3.05, 3.63) is 47.9 Å². The summed E-state index contributed by atoms with van der Waals surface area (Å²) in [5.41, 5.74) is -0.816. The molecule has 4 nitrogen and oxygen atoms in total. The van der Waals surface area contributed by atoms with Gasteiger partial charge in [-0.1, -0.05) is 12.1 Å². The molecule has 0 spiro atoms. The summed E-state index contributed by atoms with van der Waals surface area (Å²) < 4.78 is 18.0. The van der Waals surface area contributed by atoms with Crippen LogP contribution in [-0.2, 0) is 20.7 Å². The van der Waals surface area contributed by atoms with E-state index < -0.39 is 17.2 Å². The van der Waals surface area contributed by atoms with E-state index in [9.17, 15) is 14.0 Å². The molecule has 0 aliphatic carbocycles. The molecule has 0 fully saturated rings. The molecule has 1 atom stereocenters. The molecule has 1 aromatic carbocycles. The average molecular weight is 293 g/mol. The summed E-state index contributed by atoms with van der Waals surface area (Å²) in [6, 6.07) is 5.84. The van der Waals surface area contributed by atoms with Crippen LogP contribution in [0.5, 0.6) is 0 Å². The first kappa shape index (κ1) is 16.9. The number of esters is 1. The minimum Gasteiger partial charge on any atom is -0.468 e. The minimum atomic E-state index is -1.38. The van der Waals surface area contributed by atoms with Crippen LogP contribution in [0.1, 0.15) is 12.5 Å². The second-order valence-corrected chi connectivity index (χ2v) is 5.27. The lowest BCUT2D eigenvalue weighted by molar-refractivity contribution is -0.155. The summed E-state index contributed by atoms with van der Waals surface area (Å²) in [4.78, 5) is 26.1. The van der Waals surface area contributed by atoms with Gasteiger partial charge in [0.05, 0.1) is 7.11 Å². The van der Waals surface area contributed by atoms with E-state index in [1.54, 1.807) is 37.3 Å². The molecule has 1 rings (SSSR count). The highest BCUT2D eigenvalue weighted by Crippen LogP contribution is 2.26. The molecule has 0 unspecified atom stereocenters. The van der Waals surface area contributed by atoms with E-state index >= 15 is 0 Å². The van der Waals surface area contributed by atoms with Gasteiger partial charge in [0.1, 0.15) is 11.2 Å². The Morgan fingerprint density at radius 3 is 2.57 bits per heavy atom. The van der Waals surface area contributed by atoms with E-state index in [4.69, 9.17) is 4.74 Å². The third-order valence-electron chi connectivity index (χ3n) is 3.15. The SMILES string of the molecule is COC(=O)[C@](C)(Cc1cccc(F)c1)C(=O)/C=C/N(C)C. The second kappa shape index (κ2) is 7.02. The van der Waals surface area contributed by atoms with E-state index in [-0.39, 0.29) is 12.2 Å². The summed E-state index contributed by atoms with van der Waals surface area (Å²) >= 11 is 0. The first-order valence-corrected chi connectivity index (χ1v) is 6.51. The summed E-state index contributed by atoms with van der Waals surface area (Å²) in [7, 11) is 4.77. The van der Waals surface area contributed by atoms with Crippen LogP contribution in [-0.4, -0.2) is 37.9 Å². The van der Waals surface area contributed by atoms with Gasteiger partial charge in [-0.05, 0) is 37.1 Å². The topological polar surface area (TPSA) is 46.6 Å². The molecule has 5 heteroatoms. The molecule has 0 radical (unpaired) electrons. The molecule has 0 heterocycles. The highest BCUT2D eigenvalue weighted by atomic mass is 19.1. The maximum Gasteiger partial charge on any atom is 0.319 e. The lowest BCUT2D eigenvalue weighted by Gasteiger charge is -2.24. The van der Waals surface area contributed by atoms with Gasteiger partial charge in [-0.15, -0.1) is 0 Å². The van der Waals surface area contributed by atoms with E-state index in [1.807, 2.05) is 0 Å². The van der Waals surface area contributed by atoms with Gasteiger partial charge in [-0.3, -0.25) is 9.59 Å². The number of carbonyl (C=O) groups is 2. The van der Waals surface area contributed by atoms with E-state index in [0.717, 1.165) is 0 Å².